The van der Waals surface area contributed by atoms with Gasteiger partial charge in [0, 0.05) is 5.02 Å². The van der Waals surface area contributed by atoms with E-state index in [0.29, 0.717) is 10.7 Å². The number of nitrogens with zero attached hydrogens (tertiary/aromatic N) is 2. The first-order valence-electron chi connectivity index (χ1n) is 9.64. The van der Waals surface area contributed by atoms with Gasteiger partial charge in [-0.1, -0.05) is 61.0 Å². The fourth-order valence-electron chi connectivity index (χ4n) is 2.83. The predicted octanol–water partition coefficient (Wildman–Crippen LogP) is 4.25. The molecule has 0 spiro atoms. The van der Waals surface area contributed by atoms with E-state index < -0.39 is 22.5 Å². The number of hydrogen-bond acceptors (Lipinski definition) is 4. The highest BCUT2D eigenvalue weighted by molar-refractivity contribution is 7.92. The second kappa shape index (κ2) is 10.2. The zero-order chi connectivity index (χ0) is 22.3. The first-order chi connectivity index (χ1) is 14.9. The molecule has 0 saturated carbocycles. The van der Waals surface area contributed by atoms with Gasteiger partial charge in [-0.25, -0.2) is 13.8 Å². The molecule has 0 aromatic heterocycles. The summed E-state index contributed by atoms with van der Waals surface area (Å²) in [6.07, 6.45) is 2.44. The van der Waals surface area contributed by atoms with Gasteiger partial charge in [-0.3, -0.25) is 9.10 Å². The van der Waals surface area contributed by atoms with Crippen molar-refractivity contribution in [3.63, 3.8) is 0 Å². The molecule has 1 amide bonds. The van der Waals surface area contributed by atoms with Crippen molar-refractivity contribution in [2.75, 3.05) is 10.8 Å². The summed E-state index contributed by atoms with van der Waals surface area (Å²) in [5.41, 5.74) is 4.74. The van der Waals surface area contributed by atoms with Crippen LogP contribution in [0.2, 0.25) is 5.02 Å². The van der Waals surface area contributed by atoms with E-state index in [1.165, 1.54) is 23.9 Å². The number of nitrogens with one attached hydrogen (secondary N) is 1. The van der Waals surface area contributed by atoms with Crippen molar-refractivity contribution in [2.24, 2.45) is 5.10 Å². The molecule has 0 aliphatic heterocycles. The first-order valence-corrected chi connectivity index (χ1v) is 11.5. The molecule has 1 N–H and O–H groups in total. The molecule has 0 heterocycles. The van der Waals surface area contributed by atoms with Crippen LogP contribution in [0.15, 0.2) is 88.9 Å². The van der Waals surface area contributed by atoms with Gasteiger partial charge in [0.05, 0.1) is 16.8 Å². The van der Waals surface area contributed by atoms with E-state index in [9.17, 15) is 13.2 Å². The summed E-state index contributed by atoms with van der Waals surface area (Å²) in [6, 6.07) is 21.9. The molecule has 3 aromatic carbocycles. The monoisotopic (exact) mass is 455 g/mol. The van der Waals surface area contributed by atoms with Crippen LogP contribution in [0.4, 0.5) is 5.69 Å². The van der Waals surface area contributed by atoms with Gasteiger partial charge in [-0.2, -0.15) is 5.10 Å². The average molecular weight is 456 g/mol. The topological polar surface area (TPSA) is 78.8 Å². The third kappa shape index (κ3) is 5.93. The van der Waals surface area contributed by atoms with Gasteiger partial charge in [0.2, 0.25) is 0 Å². The molecule has 0 unspecified atom stereocenters. The second-order valence-corrected chi connectivity index (χ2v) is 8.99. The van der Waals surface area contributed by atoms with Crippen LogP contribution in [0, 0.1) is 0 Å². The minimum absolute atomic E-state index is 0.0808. The minimum Gasteiger partial charge on any atom is -0.271 e. The first kappa shape index (κ1) is 22.5. The van der Waals surface area contributed by atoms with Gasteiger partial charge in [0.25, 0.3) is 15.9 Å². The van der Waals surface area contributed by atoms with Gasteiger partial charge >= 0.3 is 0 Å². The normalized spacial score (nSPS) is 11.4. The van der Waals surface area contributed by atoms with Crippen molar-refractivity contribution in [1.82, 2.24) is 5.43 Å². The zero-order valence-electron chi connectivity index (χ0n) is 16.9. The van der Waals surface area contributed by atoms with Crippen molar-refractivity contribution >= 4 is 39.4 Å². The molecule has 3 aromatic rings. The van der Waals surface area contributed by atoms with Crippen molar-refractivity contribution in [3.8, 4) is 0 Å². The maximum absolute atomic E-state index is 13.2. The van der Waals surface area contributed by atoms with Crippen LogP contribution in [-0.2, 0) is 21.2 Å². The highest BCUT2D eigenvalue weighted by atomic mass is 35.5. The zero-order valence-corrected chi connectivity index (χ0v) is 18.5. The number of carbonyl (C=O) groups excluding carboxylic acids is 1. The average Bonchev–Trinajstić information content (AvgIpc) is 2.79. The number of amides is 1. The lowest BCUT2D eigenvalue weighted by atomic mass is 10.1. The molecule has 0 fully saturated rings. The molecule has 0 aliphatic carbocycles. The van der Waals surface area contributed by atoms with E-state index in [2.05, 4.69) is 17.5 Å². The molecule has 0 atom stereocenters. The molecule has 0 bridgehead atoms. The Kier molecular flexibility index (Phi) is 7.44. The van der Waals surface area contributed by atoms with Crippen LogP contribution in [0.3, 0.4) is 0 Å². The number of hydrogen-bond donors (Lipinski definition) is 1. The van der Waals surface area contributed by atoms with Crippen LogP contribution < -0.4 is 9.73 Å². The second-order valence-electron chi connectivity index (χ2n) is 6.69. The Bertz CT molecular complexity index is 1150. The lowest BCUT2D eigenvalue weighted by Crippen LogP contribution is -2.39. The molecule has 0 saturated heterocycles. The van der Waals surface area contributed by atoms with Gasteiger partial charge in [0.1, 0.15) is 6.54 Å². The van der Waals surface area contributed by atoms with E-state index >= 15 is 0 Å². The summed E-state index contributed by atoms with van der Waals surface area (Å²) in [4.78, 5) is 12.6. The number of carbonyl (C=O) groups is 1. The summed E-state index contributed by atoms with van der Waals surface area (Å²) < 4.78 is 27.4. The van der Waals surface area contributed by atoms with Crippen LogP contribution in [0.5, 0.6) is 0 Å². The van der Waals surface area contributed by atoms with Crippen molar-refractivity contribution in [3.05, 3.63) is 95.0 Å². The van der Waals surface area contributed by atoms with E-state index in [1.54, 1.807) is 42.5 Å². The van der Waals surface area contributed by atoms with Gasteiger partial charge in [-0.15, -0.1) is 0 Å². The maximum atomic E-state index is 13.2. The number of anilines is 1. The number of halogens is 1. The molecule has 31 heavy (non-hydrogen) atoms. The van der Waals surface area contributed by atoms with Gasteiger partial charge in [-0.05, 0) is 53.9 Å². The lowest BCUT2D eigenvalue weighted by Gasteiger charge is -2.23. The third-order valence-corrected chi connectivity index (χ3v) is 6.56. The lowest BCUT2D eigenvalue weighted by molar-refractivity contribution is -0.119. The number of aryl methyl sites for hydroxylation is 1. The van der Waals surface area contributed by atoms with Crippen LogP contribution in [0.25, 0.3) is 0 Å². The highest BCUT2D eigenvalue weighted by Crippen LogP contribution is 2.25. The van der Waals surface area contributed by atoms with Crippen molar-refractivity contribution in [2.45, 2.75) is 18.2 Å². The van der Waals surface area contributed by atoms with E-state index in [1.807, 2.05) is 24.3 Å². The standard InChI is InChI=1S/C23H22ClN3O3S/c1-2-18-8-10-19(11-9-18)16-25-26-23(28)17-27(21-14-12-20(24)13-15-21)31(29,30)22-6-4-3-5-7-22/h3-16H,2,17H2,1H3,(H,26,28). The molecule has 160 valence electrons. The highest BCUT2D eigenvalue weighted by Gasteiger charge is 2.27. The Morgan fingerprint density at radius 1 is 1.00 bits per heavy atom. The molecular weight excluding hydrogens is 434 g/mol. The Morgan fingerprint density at radius 3 is 2.26 bits per heavy atom. The largest absolute Gasteiger partial charge is 0.271 e. The van der Waals surface area contributed by atoms with E-state index in [4.69, 9.17) is 11.6 Å². The molecule has 0 aliphatic rings. The smallest absolute Gasteiger partial charge is 0.264 e. The third-order valence-electron chi connectivity index (χ3n) is 4.52. The Balaban J connectivity index is 1.78. The van der Waals surface area contributed by atoms with Crippen LogP contribution in [-0.4, -0.2) is 27.1 Å². The number of benzene rings is 3. The summed E-state index contributed by atoms with van der Waals surface area (Å²) in [7, 11) is -3.97. The fourth-order valence-corrected chi connectivity index (χ4v) is 4.39. The Labute approximate surface area is 187 Å². The summed E-state index contributed by atoms with van der Waals surface area (Å²) in [6.45, 7) is 1.63. The summed E-state index contributed by atoms with van der Waals surface area (Å²) >= 11 is 5.93. The molecule has 6 nitrogen and oxygen atoms in total. The maximum Gasteiger partial charge on any atom is 0.264 e. The number of rotatable bonds is 8. The van der Waals surface area contributed by atoms with Crippen LogP contribution in [0.1, 0.15) is 18.1 Å². The van der Waals surface area contributed by atoms with E-state index in [0.717, 1.165) is 16.3 Å². The number of sulfonamides is 1. The fraction of sp³-hybridized carbons (Fsp3) is 0.130. The molecule has 8 heteroatoms. The molecule has 3 rings (SSSR count). The predicted molar refractivity (Wildman–Crippen MR) is 124 cm³/mol. The van der Waals surface area contributed by atoms with E-state index in [-0.39, 0.29) is 4.90 Å². The SMILES string of the molecule is CCc1ccc(C=NNC(=O)CN(c2ccc(Cl)cc2)S(=O)(=O)c2ccccc2)cc1. The Morgan fingerprint density at radius 2 is 1.65 bits per heavy atom. The van der Waals surface area contributed by atoms with Crippen molar-refractivity contribution < 1.29 is 13.2 Å². The van der Waals surface area contributed by atoms with Crippen LogP contribution >= 0.6 is 11.6 Å². The minimum atomic E-state index is -3.97. The van der Waals surface area contributed by atoms with Crippen molar-refractivity contribution in [1.29, 1.82) is 0 Å². The summed E-state index contributed by atoms with van der Waals surface area (Å²) in [5, 5.41) is 4.41. The Hall–Kier alpha value is -3.16. The molecule has 0 radical (unpaired) electrons. The quantitative estimate of drug-likeness (QED) is 0.407. The number of hydrazone groups is 1. The molecular formula is C23H22ClN3O3S. The van der Waals surface area contributed by atoms with Gasteiger partial charge < -0.3 is 0 Å². The summed E-state index contributed by atoms with van der Waals surface area (Å²) in [5.74, 6) is -0.573. The van der Waals surface area contributed by atoms with Gasteiger partial charge in [0.15, 0.2) is 0 Å².